The van der Waals surface area contributed by atoms with Crippen LogP contribution < -0.4 is 26.2 Å². The SMILES string of the molecule is C=N/C=C(\C(=C(/C)c1ccccc1)N1c2ccc(-c3ccc4sc5ccc(C(C)(C)C)cc5c4c3)cc2B2c3cc(-c4ccc5sc6ccc(C(C)(C)C)cc6c5c4)ccc3N(c3c(-c4ccccc4)cncc3-c3ccccc3)c3cc(-n4c5ccccc5c5ccccc54)cc1c32)c1ccccc1. The van der Waals surface area contributed by atoms with Gasteiger partial charge in [-0.1, -0.05) is 248 Å². The molecule has 0 aliphatic carbocycles. The maximum atomic E-state index is 5.21. The van der Waals surface area contributed by atoms with Gasteiger partial charge in [-0.05, 0) is 187 Å². The number of rotatable bonds is 11. The minimum atomic E-state index is -0.332. The van der Waals surface area contributed by atoms with Crippen LogP contribution >= 0.6 is 22.7 Å². The van der Waals surface area contributed by atoms with Crippen molar-refractivity contribution in [2.75, 3.05) is 9.80 Å². The summed E-state index contributed by atoms with van der Waals surface area (Å²) in [6.07, 6.45) is 6.15. The number of benzene rings is 13. The van der Waals surface area contributed by atoms with Gasteiger partial charge < -0.3 is 14.4 Å². The van der Waals surface area contributed by atoms with Crippen molar-refractivity contribution in [2.24, 2.45) is 4.99 Å². The van der Waals surface area contributed by atoms with Gasteiger partial charge in [-0.3, -0.25) is 9.98 Å². The average Bonchev–Trinajstić information content (AvgIpc) is 1.07. The van der Waals surface area contributed by atoms with Crippen LogP contribution in [-0.4, -0.2) is 23.0 Å². The second kappa shape index (κ2) is 24.9. The Bertz CT molecular complexity index is 6350. The summed E-state index contributed by atoms with van der Waals surface area (Å²) < 4.78 is 7.66. The number of anilines is 5. The lowest BCUT2D eigenvalue weighted by Gasteiger charge is -2.46. The van der Waals surface area contributed by atoms with E-state index < -0.39 is 0 Å². The fourth-order valence-electron chi connectivity index (χ4n) is 16.7. The Morgan fingerprint density at radius 3 is 1.35 bits per heavy atom. The summed E-state index contributed by atoms with van der Waals surface area (Å²) in [5.74, 6) is 0. The Morgan fingerprint density at radius 1 is 0.410 bits per heavy atom. The lowest BCUT2D eigenvalue weighted by Crippen LogP contribution is -2.62. The molecule has 105 heavy (non-hydrogen) atoms. The number of para-hydroxylation sites is 2. The fourth-order valence-corrected chi connectivity index (χ4v) is 18.8. The number of pyridine rings is 1. The molecule has 0 unspecified atom stereocenters. The highest BCUT2D eigenvalue weighted by Gasteiger charge is 2.46. The molecule has 0 amide bonds. The molecule has 2 aliphatic heterocycles. The van der Waals surface area contributed by atoms with Crippen LogP contribution in [0.3, 0.4) is 0 Å². The van der Waals surface area contributed by atoms with E-state index in [0.717, 1.165) is 112 Å². The first kappa shape index (κ1) is 63.9. The van der Waals surface area contributed by atoms with Crippen molar-refractivity contribution in [3.8, 4) is 50.2 Å². The molecule has 13 aromatic carbocycles. The summed E-state index contributed by atoms with van der Waals surface area (Å²) in [5, 5.41) is 7.52. The van der Waals surface area contributed by atoms with Crippen molar-refractivity contribution in [3.05, 3.63) is 338 Å². The Labute approximate surface area is 621 Å². The van der Waals surface area contributed by atoms with Gasteiger partial charge in [0.15, 0.2) is 0 Å². The first-order chi connectivity index (χ1) is 51.2. The van der Waals surface area contributed by atoms with Crippen LogP contribution in [0.2, 0.25) is 0 Å². The predicted octanol–water partition coefficient (Wildman–Crippen LogP) is 25.1. The monoisotopic (exact) mass is 1380 g/mol. The first-order valence-electron chi connectivity index (χ1n) is 36.3. The molecule has 4 aromatic heterocycles. The molecule has 0 N–H and O–H groups in total. The van der Waals surface area contributed by atoms with Crippen LogP contribution in [0.4, 0.5) is 28.4 Å². The molecule has 2 aliphatic rings. The summed E-state index contributed by atoms with van der Waals surface area (Å²) in [6.45, 7) is 20.1. The third-order valence-corrected chi connectivity index (χ3v) is 24.2. The zero-order valence-electron chi connectivity index (χ0n) is 59.8. The van der Waals surface area contributed by atoms with Crippen molar-refractivity contribution in [1.82, 2.24) is 9.55 Å². The number of thiophene rings is 2. The number of hydrogen-bond donors (Lipinski definition) is 0. The van der Waals surface area contributed by atoms with E-state index in [-0.39, 0.29) is 17.5 Å². The highest BCUT2D eigenvalue weighted by Crippen LogP contribution is 2.53. The Hall–Kier alpha value is -11.9. The molecule has 0 radical (unpaired) electrons. The average molecular weight is 1380 g/mol. The van der Waals surface area contributed by atoms with Gasteiger partial charge in [-0.2, -0.15) is 0 Å². The van der Waals surface area contributed by atoms with E-state index in [1.807, 2.05) is 28.9 Å². The van der Waals surface area contributed by atoms with E-state index >= 15 is 0 Å². The van der Waals surface area contributed by atoms with E-state index in [2.05, 4.69) is 373 Å². The highest BCUT2D eigenvalue weighted by atomic mass is 32.1. The van der Waals surface area contributed by atoms with E-state index in [9.17, 15) is 0 Å². The minimum absolute atomic E-state index is 0.00891. The molecular formula is C97H74BN5S2. The van der Waals surface area contributed by atoms with Crippen molar-refractivity contribution in [1.29, 1.82) is 0 Å². The molecule has 17 aromatic rings. The van der Waals surface area contributed by atoms with Crippen LogP contribution in [0, 0.1) is 0 Å². The third kappa shape index (κ3) is 10.6. The number of aromatic nitrogens is 2. The number of fused-ring (bicyclic) bond motifs is 13. The molecule has 19 rings (SSSR count). The highest BCUT2D eigenvalue weighted by molar-refractivity contribution is 7.26. The first-order valence-corrected chi connectivity index (χ1v) is 37.9. The van der Waals surface area contributed by atoms with Crippen LogP contribution in [0.25, 0.3) is 123 Å². The van der Waals surface area contributed by atoms with Gasteiger partial charge in [-0.15, -0.1) is 22.7 Å². The maximum Gasteiger partial charge on any atom is 0.252 e. The van der Waals surface area contributed by atoms with Crippen molar-refractivity contribution in [2.45, 2.75) is 59.3 Å². The van der Waals surface area contributed by atoms with Crippen molar-refractivity contribution >= 4 is 154 Å². The Morgan fingerprint density at radius 2 is 0.838 bits per heavy atom. The number of aliphatic imine (C=N–C) groups is 1. The largest absolute Gasteiger partial charge is 0.310 e. The second-order valence-electron chi connectivity index (χ2n) is 30.2. The van der Waals surface area contributed by atoms with Crippen LogP contribution in [0.15, 0.2) is 320 Å². The van der Waals surface area contributed by atoms with Gasteiger partial charge in [0.1, 0.15) is 0 Å². The van der Waals surface area contributed by atoms with E-state index in [4.69, 9.17) is 9.98 Å². The second-order valence-corrected chi connectivity index (χ2v) is 32.4. The van der Waals surface area contributed by atoms with E-state index in [1.165, 1.54) is 84.2 Å². The predicted molar refractivity (Wildman–Crippen MR) is 454 cm³/mol. The summed E-state index contributed by atoms with van der Waals surface area (Å²) in [5.41, 5.74) is 28.6. The molecule has 0 bridgehead atoms. The molecular weight excluding hydrogens is 1310 g/mol. The lowest BCUT2D eigenvalue weighted by atomic mass is 9.33. The lowest BCUT2D eigenvalue weighted by molar-refractivity contribution is 0.591. The van der Waals surface area contributed by atoms with Gasteiger partial charge in [-0.25, -0.2) is 0 Å². The summed E-state index contributed by atoms with van der Waals surface area (Å²) in [7, 11) is 0. The molecule has 5 nitrogen and oxygen atoms in total. The molecule has 0 saturated heterocycles. The third-order valence-electron chi connectivity index (χ3n) is 21.9. The van der Waals surface area contributed by atoms with Gasteiger partial charge in [0.2, 0.25) is 0 Å². The molecule has 0 fully saturated rings. The van der Waals surface area contributed by atoms with Crippen LogP contribution in [0.5, 0.6) is 0 Å². The molecule has 0 saturated carbocycles. The topological polar surface area (TPSA) is 36.7 Å². The van der Waals surface area contributed by atoms with Crippen LogP contribution in [0.1, 0.15) is 70.7 Å². The number of allylic oxidation sites excluding steroid dienone is 2. The molecule has 0 spiro atoms. The quantitative estimate of drug-likeness (QED) is 0.0736. The molecule has 8 heteroatoms. The summed E-state index contributed by atoms with van der Waals surface area (Å²) in [6, 6.07) is 109. The number of hydrogen-bond acceptors (Lipinski definition) is 6. The Balaban J connectivity index is 0.981. The van der Waals surface area contributed by atoms with E-state index in [0.29, 0.717) is 0 Å². The normalized spacial score (nSPS) is 13.3. The van der Waals surface area contributed by atoms with E-state index in [1.54, 1.807) is 0 Å². The van der Waals surface area contributed by atoms with Gasteiger partial charge in [0.05, 0.1) is 28.1 Å². The summed E-state index contributed by atoms with van der Waals surface area (Å²) in [4.78, 5) is 15.2. The van der Waals surface area contributed by atoms with Crippen molar-refractivity contribution < 1.29 is 0 Å². The van der Waals surface area contributed by atoms with Gasteiger partial charge >= 0.3 is 0 Å². The zero-order valence-corrected chi connectivity index (χ0v) is 61.4. The van der Waals surface area contributed by atoms with Crippen LogP contribution in [-0.2, 0) is 10.8 Å². The summed E-state index contributed by atoms with van der Waals surface area (Å²) >= 11 is 3.75. The maximum absolute atomic E-state index is 5.21. The van der Waals surface area contributed by atoms with Gasteiger partial charge in [0.25, 0.3) is 6.71 Å². The molecule has 502 valence electrons. The standard InChI is InChI=1S/C97H74BN5S2/c1-60(61-25-13-9-14-26-61)94(78(57-99-8)62-27-15-10-16-28-62)102-85-43-37-67(65-39-45-89-74(49-65)76-53-69(96(2,3)4)41-47-91(76)104-89)51-81(85)98-82-52-68(66-40-46-90-75(50-66)77-54-70(97(5,6)7)42-48-92(77)105-90)38-44-86(82)103(95-79(63-29-17-11-18-30-63)58-100-59-80(95)64-31-19-12-20-32-64)88-56-71(55-87(102)93(88)98)101-83-35-23-21-33-72(83)73-34-22-24-36-84(73)101/h9-59H,8H2,1-7H3/b78-57-,94-60-. The Kier molecular flexibility index (Phi) is 15.2. The zero-order chi connectivity index (χ0) is 71.0. The number of nitrogens with zero attached hydrogens (tertiary/aromatic N) is 5. The van der Waals surface area contributed by atoms with Gasteiger partial charge in [0, 0.05) is 109 Å². The molecule has 0 atom stereocenters. The smallest absolute Gasteiger partial charge is 0.252 e. The minimum Gasteiger partial charge on any atom is -0.310 e. The molecule has 6 heterocycles. The fraction of sp³-hybridized carbons (Fsp3) is 0.0928. The van der Waals surface area contributed by atoms with Crippen molar-refractivity contribution in [3.63, 3.8) is 0 Å².